The summed E-state index contributed by atoms with van der Waals surface area (Å²) in [5, 5.41) is 22.9. The molecule has 1 saturated carbocycles. The van der Waals surface area contributed by atoms with E-state index in [1.54, 1.807) is 61.7 Å². The zero-order valence-electron chi connectivity index (χ0n) is 30.4. The molecule has 3 fully saturated rings. The number of nitrogens with zero attached hydrogens (tertiary/aromatic N) is 2. The molecule has 2 saturated heterocycles. The first-order valence-electron chi connectivity index (χ1n) is 18.7. The average molecular weight is 797 g/mol. The number of aliphatic carboxylic acids is 1. The first-order chi connectivity index (χ1) is 27.0. The molecule has 13 heteroatoms. The highest BCUT2D eigenvalue weighted by atomic mass is 35.5. The van der Waals surface area contributed by atoms with E-state index in [4.69, 9.17) is 33.0 Å². The number of imide groups is 2. The second-order valence-corrected chi connectivity index (χ2v) is 15.8. The fourth-order valence-corrected chi connectivity index (χ4v) is 10.2. The average Bonchev–Trinajstić information content (AvgIpc) is 3.56. The van der Waals surface area contributed by atoms with E-state index < -0.39 is 52.8 Å². The van der Waals surface area contributed by atoms with Crippen molar-refractivity contribution in [2.45, 2.75) is 49.9 Å². The lowest BCUT2D eigenvalue weighted by molar-refractivity contribution is -0.141. The summed E-state index contributed by atoms with van der Waals surface area (Å²) in [6.45, 7) is 0.175. The van der Waals surface area contributed by atoms with Gasteiger partial charge < -0.3 is 14.9 Å². The molecule has 6 unspecified atom stereocenters. The molecule has 288 valence electrons. The number of rotatable bonds is 11. The van der Waals surface area contributed by atoms with Crippen molar-refractivity contribution in [3.63, 3.8) is 0 Å². The van der Waals surface area contributed by atoms with Crippen LogP contribution in [0.5, 0.6) is 11.5 Å². The molecular formula is C43H39Cl2N3O8. The molecule has 3 N–H and O–H groups in total. The predicted molar refractivity (Wildman–Crippen MR) is 209 cm³/mol. The van der Waals surface area contributed by atoms with Gasteiger partial charge in [-0.3, -0.25) is 34.3 Å². The Hall–Kier alpha value is -5.39. The second-order valence-electron chi connectivity index (χ2n) is 15.0. The van der Waals surface area contributed by atoms with E-state index in [1.165, 1.54) is 11.0 Å². The van der Waals surface area contributed by atoms with E-state index in [2.05, 4.69) is 5.43 Å². The first kappa shape index (κ1) is 37.5. The number of carbonyl (C=O) groups is 5. The third-order valence-electron chi connectivity index (χ3n) is 12.2. The fourth-order valence-electron chi connectivity index (χ4n) is 9.75. The minimum Gasteiger partial charge on any atom is -0.507 e. The van der Waals surface area contributed by atoms with E-state index >= 15 is 9.59 Å². The van der Waals surface area contributed by atoms with Gasteiger partial charge in [-0.1, -0.05) is 83.7 Å². The third kappa shape index (κ3) is 5.90. The van der Waals surface area contributed by atoms with E-state index in [-0.39, 0.29) is 48.4 Å². The minimum atomic E-state index is -1.56. The van der Waals surface area contributed by atoms with Crippen LogP contribution in [0.2, 0.25) is 10.0 Å². The van der Waals surface area contributed by atoms with E-state index in [1.807, 2.05) is 24.3 Å². The van der Waals surface area contributed by atoms with Crippen molar-refractivity contribution in [1.29, 1.82) is 0 Å². The number of allylic oxidation sites excluding steroid dienone is 2. The molecule has 2 heterocycles. The molecule has 0 bridgehead atoms. The Kier molecular flexibility index (Phi) is 9.78. The molecule has 2 aliphatic heterocycles. The van der Waals surface area contributed by atoms with Gasteiger partial charge in [-0.25, -0.2) is 0 Å². The van der Waals surface area contributed by atoms with Crippen LogP contribution in [0.3, 0.4) is 0 Å². The fraction of sp³-hybridized carbons (Fsp3) is 0.326. The van der Waals surface area contributed by atoms with E-state index in [0.29, 0.717) is 57.6 Å². The predicted octanol–water partition coefficient (Wildman–Crippen LogP) is 7.49. The summed E-state index contributed by atoms with van der Waals surface area (Å²) in [6, 6.07) is 22.5. The number of likely N-dealkylation sites (tertiary alicyclic amines) is 1. The normalized spacial score (nSPS) is 25.6. The number of ether oxygens (including phenoxy) is 1. The van der Waals surface area contributed by atoms with Crippen molar-refractivity contribution in [3.05, 3.63) is 112 Å². The Balaban J connectivity index is 1.30. The number of methoxy groups -OCH3 is 1. The standard InChI is InChI=1S/C43H39Cl2N3O8/c1-56-25-13-10-23(11-14-25)43-32(40(53)48(42(43)55)46-34-18-12-24(44)21-33(34)45)22-31-29(38(43)28-17-19-35(49)27-8-5-4-7-26(27)28)15-16-30-37(31)41(54)47(39(30)52)20-6-2-3-9-36(50)51/h4-5,7-8,10-15,17-19,21,30-32,37-38,46,49H,2-3,6,9,16,20,22H2,1H3,(H,50,51). The van der Waals surface area contributed by atoms with Crippen LogP contribution in [0.25, 0.3) is 10.8 Å². The van der Waals surface area contributed by atoms with Crippen LogP contribution < -0.4 is 10.2 Å². The number of hydrogen-bond acceptors (Lipinski definition) is 8. The summed E-state index contributed by atoms with van der Waals surface area (Å²) in [7, 11) is 1.54. The maximum absolute atomic E-state index is 15.6. The van der Waals surface area contributed by atoms with Crippen LogP contribution in [0, 0.1) is 23.7 Å². The molecule has 11 nitrogen and oxygen atoms in total. The number of carboxylic acids is 1. The van der Waals surface area contributed by atoms with Gasteiger partial charge in [0, 0.05) is 29.3 Å². The number of carboxylic acid groups (broad SMARTS) is 1. The molecule has 6 atom stereocenters. The number of aromatic hydroxyl groups is 1. The number of anilines is 1. The number of phenols is 1. The van der Waals surface area contributed by atoms with Gasteiger partial charge in [0.15, 0.2) is 0 Å². The lowest BCUT2D eigenvalue weighted by atomic mass is 9.49. The van der Waals surface area contributed by atoms with Crippen molar-refractivity contribution in [1.82, 2.24) is 9.91 Å². The summed E-state index contributed by atoms with van der Waals surface area (Å²) in [6.07, 6.45) is 3.82. The lowest BCUT2D eigenvalue weighted by Gasteiger charge is -2.51. The smallest absolute Gasteiger partial charge is 0.303 e. The molecule has 0 radical (unpaired) electrons. The molecule has 0 aromatic heterocycles. The zero-order valence-corrected chi connectivity index (χ0v) is 31.9. The topological polar surface area (TPSA) is 154 Å². The number of benzene rings is 4. The summed E-state index contributed by atoms with van der Waals surface area (Å²) in [4.78, 5) is 71.4. The molecule has 4 aliphatic rings. The Bertz CT molecular complexity index is 2330. The van der Waals surface area contributed by atoms with Gasteiger partial charge in [0.25, 0.3) is 11.8 Å². The van der Waals surface area contributed by atoms with Crippen molar-refractivity contribution in [2.75, 3.05) is 19.1 Å². The van der Waals surface area contributed by atoms with Gasteiger partial charge in [-0.2, -0.15) is 5.01 Å². The Morgan fingerprint density at radius 2 is 1.64 bits per heavy atom. The summed E-state index contributed by atoms with van der Waals surface area (Å²) in [5.41, 5.74) is 3.78. The summed E-state index contributed by atoms with van der Waals surface area (Å²) in [5.74, 6) is -5.74. The van der Waals surface area contributed by atoms with E-state index in [0.717, 1.165) is 10.6 Å². The highest BCUT2D eigenvalue weighted by Gasteiger charge is 2.70. The van der Waals surface area contributed by atoms with Gasteiger partial charge in [0.05, 0.1) is 41.0 Å². The van der Waals surface area contributed by atoms with Gasteiger partial charge in [-0.15, -0.1) is 0 Å². The monoisotopic (exact) mass is 795 g/mol. The zero-order chi connectivity index (χ0) is 39.5. The Labute approximate surface area is 332 Å². The maximum Gasteiger partial charge on any atom is 0.303 e. The molecule has 0 spiro atoms. The van der Waals surface area contributed by atoms with Crippen LogP contribution in [0.15, 0.2) is 90.5 Å². The first-order valence-corrected chi connectivity index (χ1v) is 19.4. The summed E-state index contributed by atoms with van der Waals surface area (Å²) >= 11 is 12.8. The molecule has 4 aromatic carbocycles. The van der Waals surface area contributed by atoms with Crippen molar-refractivity contribution in [3.8, 4) is 11.5 Å². The number of hydrogen-bond donors (Lipinski definition) is 3. The highest BCUT2D eigenvalue weighted by molar-refractivity contribution is 6.36. The van der Waals surface area contributed by atoms with Crippen molar-refractivity contribution < 1.29 is 38.9 Å². The number of carbonyl (C=O) groups excluding carboxylic acids is 4. The number of unbranched alkanes of at least 4 members (excludes halogenated alkanes) is 2. The molecule has 4 amide bonds. The summed E-state index contributed by atoms with van der Waals surface area (Å²) < 4.78 is 5.50. The van der Waals surface area contributed by atoms with Crippen molar-refractivity contribution >= 4 is 69.3 Å². The Morgan fingerprint density at radius 1 is 0.893 bits per heavy atom. The quantitative estimate of drug-likeness (QED) is 0.0796. The molecular weight excluding hydrogens is 757 g/mol. The van der Waals surface area contributed by atoms with Crippen LogP contribution in [0.1, 0.15) is 55.6 Å². The maximum atomic E-state index is 15.6. The number of halogens is 2. The molecule has 2 aliphatic carbocycles. The third-order valence-corrected chi connectivity index (χ3v) is 12.7. The second kappa shape index (κ2) is 14.6. The Morgan fingerprint density at radius 3 is 2.36 bits per heavy atom. The minimum absolute atomic E-state index is 0.00993. The number of fused-ring (bicyclic) bond motifs is 5. The highest BCUT2D eigenvalue weighted by Crippen LogP contribution is 2.65. The SMILES string of the molecule is COc1ccc(C23C(=O)N(Nc4ccc(Cl)cc4Cl)C(=O)C2CC2C(=CCC4C(=O)N(CCCCCC(=O)O)C(=O)C42)C3c2ccc(O)c3ccccc23)cc1. The van der Waals surface area contributed by atoms with Crippen LogP contribution in [-0.4, -0.2) is 63.4 Å². The molecule has 4 aromatic rings. The van der Waals surface area contributed by atoms with Crippen LogP contribution in [-0.2, 0) is 29.4 Å². The van der Waals surface area contributed by atoms with Crippen LogP contribution in [0.4, 0.5) is 5.69 Å². The number of phenolic OH excluding ortho intramolecular Hbond substituents is 1. The van der Waals surface area contributed by atoms with Crippen LogP contribution >= 0.6 is 23.2 Å². The largest absolute Gasteiger partial charge is 0.507 e. The van der Waals surface area contributed by atoms with Crippen molar-refractivity contribution in [2.24, 2.45) is 23.7 Å². The van der Waals surface area contributed by atoms with E-state index in [9.17, 15) is 19.5 Å². The van der Waals surface area contributed by atoms with Gasteiger partial charge in [0.2, 0.25) is 11.8 Å². The number of amides is 4. The molecule has 56 heavy (non-hydrogen) atoms. The molecule has 8 rings (SSSR count). The lowest BCUT2D eigenvalue weighted by Crippen LogP contribution is -2.53. The van der Waals surface area contributed by atoms with Gasteiger partial charge in [0.1, 0.15) is 11.5 Å². The van der Waals surface area contributed by atoms with Gasteiger partial charge >= 0.3 is 5.97 Å². The van der Waals surface area contributed by atoms with Gasteiger partial charge in [-0.05, 0) is 84.5 Å². The number of nitrogens with one attached hydrogen (secondary N) is 1. The number of hydrazine groups is 1.